The summed E-state index contributed by atoms with van der Waals surface area (Å²) in [5.74, 6) is -1.35. The van der Waals surface area contributed by atoms with Crippen molar-refractivity contribution < 1.29 is 38.4 Å². The number of nitrogens with zero attached hydrogens (tertiary/aromatic N) is 3. The van der Waals surface area contributed by atoms with Gasteiger partial charge in [0.15, 0.2) is 11.5 Å². The molecule has 15 nitrogen and oxygen atoms in total. The third-order valence-electron chi connectivity index (χ3n) is 5.00. The zero-order chi connectivity index (χ0) is 28.5. The SMILES string of the molecule is COc1ccc(OC)c(NC(=O)C(=O)N/N=C/c2ccc(Oc3ccc([N+](=O)[O-])cc3[N+](=O)[O-])c(OC)c2)c1. The average Bonchev–Trinajstić information content (AvgIpc) is 2.93. The zero-order valence-corrected chi connectivity index (χ0v) is 20.7. The van der Waals surface area contributed by atoms with Crippen LogP contribution in [0.1, 0.15) is 5.56 Å². The van der Waals surface area contributed by atoms with Crippen LogP contribution in [0.3, 0.4) is 0 Å². The van der Waals surface area contributed by atoms with Crippen molar-refractivity contribution in [2.75, 3.05) is 26.6 Å². The predicted octanol–water partition coefficient (Wildman–Crippen LogP) is 3.41. The van der Waals surface area contributed by atoms with E-state index in [1.165, 1.54) is 51.8 Å². The van der Waals surface area contributed by atoms with Crippen molar-refractivity contribution in [3.05, 3.63) is 80.4 Å². The summed E-state index contributed by atoms with van der Waals surface area (Å²) in [5, 5.41) is 28.4. The minimum absolute atomic E-state index is 0.0715. The van der Waals surface area contributed by atoms with E-state index in [0.717, 1.165) is 18.2 Å². The molecule has 0 bridgehead atoms. The molecule has 0 saturated heterocycles. The van der Waals surface area contributed by atoms with E-state index in [1.807, 2.05) is 0 Å². The first kappa shape index (κ1) is 27.9. The number of benzene rings is 3. The molecule has 0 heterocycles. The van der Waals surface area contributed by atoms with Gasteiger partial charge in [0.25, 0.3) is 5.69 Å². The Labute approximate surface area is 220 Å². The number of amides is 2. The molecule has 0 saturated carbocycles. The maximum Gasteiger partial charge on any atom is 0.329 e. The fourth-order valence-electron chi connectivity index (χ4n) is 3.12. The smallest absolute Gasteiger partial charge is 0.329 e. The Bertz CT molecular complexity index is 1460. The van der Waals surface area contributed by atoms with Gasteiger partial charge in [-0.1, -0.05) is 0 Å². The van der Waals surface area contributed by atoms with Crippen LogP contribution in [-0.2, 0) is 9.59 Å². The number of carbonyl (C=O) groups excluding carboxylic acids is 2. The number of hydrogen-bond acceptors (Lipinski definition) is 11. The van der Waals surface area contributed by atoms with Gasteiger partial charge in [0.1, 0.15) is 11.5 Å². The molecule has 0 aliphatic rings. The fourth-order valence-corrected chi connectivity index (χ4v) is 3.12. The van der Waals surface area contributed by atoms with Gasteiger partial charge in [-0.3, -0.25) is 29.8 Å². The number of hydrazone groups is 1. The Morgan fingerprint density at radius 1 is 0.795 bits per heavy atom. The molecular formula is C24H21N5O10. The summed E-state index contributed by atoms with van der Waals surface area (Å²) in [6, 6.07) is 12.0. The van der Waals surface area contributed by atoms with Crippen molar-refractivity contribution >= 4 is 35.1 Å². The first-order valence-corrected chi connectivity index (χ1v) is 10.8. The van der Waals surface area contributed by atoms with Gasteiger partial charge in [-0.05, 0) is 42.0 Å². The molecule has 202 valence electrons. The highest BCUT2D eigenvalue weighted by Crippen LogP contribution is 2.38. The number of nitro benzene ring substituents is 2. The van der Waals surface area contributed by atoms with Gasteiger partial charge < -0.3 is 24.3 Å². The number of rotatable bonds is 10. The largest absolute Gasteiger partial charge is 0.497 e. The third kappa shape index (κ3) is 6.94. The summed E-state index contributed by atoms with van der Waals surface area (Å²) in [6.45, 7) is 0. The summed E-state index contributed by atoms with van der Waals surface area (Å²) >= 11 is 0. The Balaban J connectivity index is 1.70. The Kier molecular flexibility index (Phi) is 8.92. The second-order valence-electron chi connectivity index (χ2n) is 7.40. The molecule has 39 heavy (non-hydrogen) atoms. The maximum atomic E-state index is 12.3. The summed E-state index contributed by atoms with van der Waals surface area (Å²) in [5.41, 5.74) is 1.64. The van der Waals surface area contributed by atoms with Gasteiger partial charge in [0, 0.05) is 12.1 Å². The molecule has 0 unspecified atom stereocenters. The van der Waals surface area contributed by atoms with Crippen LogP contribution in [-0.4, -0.2) is 49.2 Å². The van der Waals surface area contributed by atoms with E-state index >= 15 is 0 Å². The molecule has 0 spiro atoms. The van der Waals surface area contributed by atoms with E-state index in [-0.39, 0.29) is 22.9 Å². The predicted molar refractivity (Wildman–Crippen MR) is 137 cm³/mol. The van der Waals surface area contributed by atoms with Crippen molar-refractivity contribution in [3.63, 3.8) is 0 Å². The second-order valence-corrected chi connectivity index (χ2v) is 7.40. The highest BCUT2D eigenvalue weighted by Gasteiger charge is 2.22. The van der Waals surface area contributed by atoms with Crippen LogP contribution < -0.4 is 29.7 Å². The maximum absolute atomic E-state index is 12.3. The number of nitro groups is 2. The van der Waals surface area contributed by atoms with Gasteiger partial charge in [0.05, 0.1) is 49.1 Å². The zero-order valence-electron chi connectivity index (χ0n) is 20.7. The quantitative estimate of drug-likeness (QED) is 0.167. The van der Waals surface area contributed by atoms with Crippen molar-refractivity contribution in [2.45, 2.75) is 0 Å². The van der Waals surface area contributed by atoms with Crippen LogP contribution in [0.2, 0.25) is 0 Å². The van der Waals surface area contributed by atoms with Crippen molar-refractivity contribution in [3.8, 4) is 28.7 Å². The number of carbonyl (C=O) groups is 2. The third-order valence-corrected chi connectivity index (χ3v) is 5.00. The van der Waals surface area contributed by atoms with Gasteiger partial charge in [-0.2, -0.15) is 5.10 Å². The molecule has 2 amide bonds. The summed E-state index contributed by atoms with van der Waals surface area (Å²) < 4.78 is 21.1. The van der Waals surface area contributed by atoms with Gasteiger partial charge in [0.2, 0.25) is 5.75 Å². The van der Waals surface area contributed by atoms with Crippen molar-refractivity contribution in [2.24, 2.45) is 5.10 Å². The average molecular weight is 539 g/mol. The molecule has 0 aliphatic heterocycles. The summed E-state index contributed by atoms with van der Waals surface area (Å²) in [7, 11) is 4.17. The molecule has 15 heteroatoms. The van der Waals surface area contributed by atoms with E-state index in [4.69, 9.17) is 18.9 Å². The summed E-state index contributed by atoms with van der Waals surface area (Å²) in [6.07, 6.45) is 1.22. The number of hydrogen-bond donors (Lipinski definition) is 2. The van der Waals surface area contributed by atoms with Crippen LogP contribution in [0.4, 0.5) is 17.1 Å². The van der Waals surface area contributed by atoms with E-state index in [1.54, 1.807) is 12.1 Å². The minimum Gasteiger partial charge on any atom is -0.497 e. The summed E-state index contributed by atoms with van der Waals surface area (Å²) in [4.78, 5) is 45.2. The van der Waals surface area contributed by atoms with E-state index in [9.17, 15) is 29.8 Å². The molecule has 0 radical (unpaired) electrons. The molecule has 3 rings (SSSR count). The van der Waals surface area contributed by atoms with Gasteiger partial charge >= 0.3 is 17.5 Å². The highest BCUT2D eigenvalue weighted by molar-refractivity contribution is 6.39. The van der Waals surface area contributed by atoms with Crippen LogP contribution in [0, 0.1) is 20.2 Å². The first-order valence-electron chi connectivity index (χ1n) is 10.8. The molecule has 3 aromatic carbocycles. The van der Waals surface area contributed by atoms with Gasteiger partial charge in [-0.25, -0.2) is 5.43 Å². The number of nitrogens with one attached hydrogen (secondary N) is 2. The lowest BCUT2D eigenvalue weighted by Crippen LogP contribution is -2.32. The molecule has 0 aromatic heterocycles. The molecule has 0 aliphatic carbocycles. The van der Waals surface area contributed by atoms with E-state index in [2.05, 4.69) is 15.8 Å². The van der Waals surface area contributed by atoms with Crippen molar-refractivity contribution in [1.29, 1.82) is 0 Å². The first-order chi connectivity index (χ1) is 18.7. The number of ether oxygens (including phenoxy) is 4. The number of methoxy groups -OCH3 is 3. The number of anilines is 1. The lowest BCUT2D eigenvalue weighted by Gasteiger charge is -2.11. The van der Waals surface area contributed by atoms with E-state index in [0.29, 0.717) is 17.1 Å². The van der Waals surface area contributed by atoms with Gasteiger partial charge in [-0.15, -0.1) is 0 Å². The molecular weight excluding hydrogens is 518 g/mol. The van der Waals surface area contributed by atoms with Crippen LogP contribution in [0.25, 0.3) is 0 Å². The molecule has 3 aromatic rings. The Morgan fingerprint density at radius 2 is 1.49 bits per heavy atom. The normalized spacial score (nSPS) is 10.4. The Hall–Kier alpha value is -5.73. The second kappa shape index (κ2) is 12.5. The topological polar surface area (TPSA) is 194 Å². The van der Waals surface area contributed by atoms with Crippen LogP contribution in [0.15, 0.2) is 59.7 Å². The fraction of sp³-hybridized carbons (Fsp3) is 0.125. The number of non-ortho nitro benzene ring substituents is 1. The standard InChI is InChI=1S/C24H21N5O10/c1-36-16-6-9-19(37-2)17(12-16)26-23(30)24(31)27-25-13-14-4-7-21(22(10-14)38-3)39-20-8-5-15(28(32)33)11-18(20)29(34)35/h4-13H,1-3H3,(H,26,30)(H,27,31)/b25-13+. The van der Waals surface area contributed by atoms with Crippen LogP contribution in [0.5, 0.6) is 28.7 Å². The molecule has 2 N–H and O–H groups in total. The van der Waals surface area contributed by atoms with Crippen molar-refractivity contribution in [1.82, 2.24) is 5.43 Å². The lowest BCUT2D eigenvalue weighted by atomic mass is 10.2. The minimum atomic E-state index is -1.06. The van der Waals surface area contributed by atoms with E-state index < -0.39 is 33.0 Å². The Morgan fingerprint density at radius 3 is 2.13 bits per heavy atom. The molecule has 0 atom stereocenters. The lowest BCUT2D eigenvalue weighted by molar-refractivity contribution is -0.394. The highest BCUT2D eigenvalue weighted by atomic mass is 16.6. The van der Waals surface area contributed by atoms with Crippen LogP contribution >= 0.6 is 0 Å². The monoisotopic (exact) mass is 539 g/mol. The molecule has 0 fully saturated rings.